The predicted molar refractivity (Wildman–Crippen MR) is 71.4 cm³/mol. The van der Waals surface area contributed by atoms with Crippen molar-refractivity contribution in [1.29, 1.82) is 0 Å². The van der Waals surface area contributed by atoms with Crippen LogP contribution in [-0.4, -0.2) is 18.1 Å². The summed E-state index contributed by atoms with van der Waals surface area (Å²) in [6.07, 6.45) is 3.08. The number of nitrogens with one attached hydrogen (secondary N) is 1. The van der Waals surface area contributed by atoms with E-state index in [0.29, 0.717) is 17.3 Å². The largest absolute Gasteiger partial charge is 0.463 e. The third-order valence-corrected chi connectivity index (χ3v) is 2.97. The molecule has 1 N–H and O–H groups in total. The maximum Gasteiger partial charge on any atom is 0.374 e. The van der Waals surface area contributed by atoms with Crippen molar-refractivity contribution < 1.29 is 13.9 Å². The van der Waals surface area contributed by atoms with Gasteiger partial charge < -0.3 is 14.5 Å². The van der Waals surface area contributed by atoms with Crippen molar-refractivity contribution in [2.24, 2.45) is 0 Å². The number of pyridine rings is 1. The predicted octanol–water partition coefficient (Wildman–Crippen LogP) is 3.04. The number of hydrogen-bond donors (Lipinski definition) is 1. The Labute approximate surface area is 115 Å². The zero-order chi connectivity index (χ0) is 13.8. The van der Waals surface area contributed by atoms with E-state index >= 15 is 0 Å². The lowest BCUT2D eigenvalue weighted by atomic mass is 10.2. The molecule has 5 nitrogen and oxygen atoms in total. The molecule has 0 amide bonds. The molecule has 6 heteroatoms. The Morgan fingerprint density at radius 1 is 1.53 bits per heavy atom. The van der Waals surface area contributed by atoms with Gasteiger partial charge in [0.2, 0.25) is 5.76 Å². The van der Waals surface area contributed by atoms with Gasteiger partial charge in [0, 0.05) is 18.3 Å². The number of rotatable bonds is 4. The molecule has 0 unspecified atom stereocenters. The Bertz CT molecular complexity index is 575. The lowest BCUT2D eigenvalue weighted by molar-refractivity contribution is 0.0563. The van der Waals surface area contributed by atoms with Crippen molar-refractivity contribution in [3.63, 3.8) is 0 Å². The summed E-state index contributed by atoms with van der Waals surface area (Å²) >= 11 is 6.01. The first-order valence-corrected chi connectivity index (χ1v) is 6.01. The number of methoxy groups -OCH3 is 1. The normalized spacial score (nSPS) is 10.3. The minimum atomic E-state index is -0.504. The zero-order valence-corrected chi connectivity index (χ0v) is 11.3. The van der Waals surface area contributed by atoms with E-state index in [9.17, 15) is 4.79 Å². The summed E-state index contributed by atoms with van der Waals surface area (Å²) < 4.78 is 9.74. The molecule has 0 fully saturated rings. The Hall–Kier alpha value is -2.01. The van der Waals surface area contributed by atoms with E-state index in [-0.39, 0.29) is 5.76 Å². The number of furan rings is 1. The molecule has 2 heterocycles. The molecule has 0 aliphatic rings. The van der Waals surface area contributed by atoms with Gasteiger partial charge in [-0.2, -0.15) is 0 Å². The highest BCUT2D eigenvalue weighted by Gasteiger charge is 2.16. The number of hydrogen-bond acceptors (Lipinski definition) is 5. The number of halogens is 1. The first-order chi connectivity index (χ1) is 9.13. The van der Waals surface area contributed by atoms with Crippen LogP contribution in [0.2, 0.25) is 5.15 Å². The maximum absolute atomic E-state index is 11.5. The van der Waals surface area contributed by atoms with Crippen LogP contribution in [0, 0.1) is 6.92 Å². The average Bonchev–Trinajstić information content (AvgIpc) is 2.85. The van der Waals surface area contributed by atoms with E-state index in [1.165, 1.54) is 13.4 Å². The van der Waals surface area contributed by atoms with Gasteiger partial charge in [-0.25, -0.2) is 9.78 Å². The third kappa shape index (κ3) is 2.88. The van der Waals surface area contributed by atoms with Gasteiger partial charge in [0.1, 0.15) is 0 Å². The molecule has 19 heavy (non-hydrogen) atoms. The second-order valence-electron chi connectivity index (χ2n) is 3.91. The number of nitrogens with zero attached hydrogens (tertiary/aromatic N) is 1. The van der Waals surface area contributed by atoms with Gasteiger partial charge in [0.05, 0.1) is 19.1 Å². The van der Waals surface area contributed by atoms with Crippen molar-refractivity contribution in [2.45, 2.75) is 13.5 Å². The van der Waals surface area contributed by atoms with Crippen molar-refractivity contribution in [1.82, 2.24) is 4.98 Å². The summed E-state index contributed by atoms with van der Waals surface area (Å²) in [7, 11) is 1.31. The Morgan fingerprint density at radius 2 is 2.32 bits per heavy atom. The zero-order valence-electron chi connectivity index (χ0n) is 10.6. The molecule has 0 aliphatic carbocycles. The van der Waals surface area contributed by atoms with Gasteiger partial charge in [0.15, 0.2) is 5.15 Å². The van der Waals surface area contributed by atoms with E-state index in [2.05, 4.69) is 15.0 Å². The van der Waals surface area contributed by atoms with Crippen LogP contribution in [-0.2, 0) is 11.3 Å². The average molecular weight is 281 g/mol. The molecule has 0 radical (unpaired) electrons. The van der Waals surface area contributed by atoms with Gasteiger partial charge in [-0.15, -0.1) is 0 Å². The second kappa shape index (κ2) is 5.75. The fourth-order valence-corrected chi connectivity index (χ4v) is 1.94. The summed E-state index contributed by atoms with van der Waals surface area (Å²) in [6.45, 7) is 2.32. The Morgan fingerprint density at radius 3 is 3.00 bits per heavy atom. The van der Waals surface area contributed by atoms with Crippen LogP contribution in [0.3, 0.4) is 0 Å². The van der Waals surface area contributed by atoms with Gasteiger partial charge in [-0.1, -0.05) is 11.6 Å². The monoisotopic (exact) mass is 280 g/mol. The molecule has 2 aromatic heterocycles. The van der Waals surface area contributed by atoms with E-state index in [1.807, 2.05) is 13.0 Å². The maximum atomic E-state index is 11.5. The molecule has 2 aromatic rings. The summed E-state index contributed by atoms with van der Waals surface area (Å²) in [5, 5.41) is 3.53. The van der Waals surface area contributed by atoms with Crippen LogP contribution >= 0.6 is 11.6 Å². The van der Waals surface area contributed by atoms with Crippen molar-refractivity contribution in [3.8, 4) is 0 Å². The summed E-state index contributed by atoms with van der Waals surface area (Å²) in [4.78, 5) is 15.5. The van der Waals surface area contributed by atoms with Gasteiger partial charge in [0.25, 0.3) is 0 Å². The van der Waals surface area contributed by atoms with Crippen LogP contribution in [0.25, 0.3) is 0 Å². The van der Waals surface area contributed by atoms with E-state index in [1.54, 1.807) is 12.3 Å². The minimum Gasteiger partial charge on any atom is -0.463 e. The number of aryl methyl sites for hydroxylation is 1. The number of anilines is 1. The molecule has 0 saturated heterocycles. The molecule has 0 atom stereocenters. The third-order valence-electron chi connectivity index (χ3n) is 2.69. The molecule has 0 aromatic carbocycles. The van der Waals surface area contributed by atoms with Crippen LogP contribution in [0.15, 0.2) is 29.0 Å². The topological polar surface area (TPSA) is 64.4 Å². The first kappa shape index (κ1) is 13.4. The SMILES string of the molecule is COC(=O)c1occc1CNc1c(C)ccnc1Cl. The van der Waals surface area contributed by atoms with Gasteiger partial charge in [-0.05, 0) is 24.6 Å². The van der Waals surface area contributed by atoms with Crippen LogP contribution in [0.1, 0.15) is 21.7 Å². The summed E-state index contributed by atoms with van der Waals surface area (Å²) in [5.74, 6) is -0.316. The first-order valence-electron chi connectivity index (χ1n) is 5.63. The smallest absolute Gasteiger partial charge is 0.374 e. The number of carbonyl (C=O) groups excluding carboxylic acids is 1. The molecular weight excluding hydrogens is 268 g/mol. The lowest BCUT2D eigenvalue weighted by Gasteiger charge is -2.10. The highest BCUT2D eigenvalue weighted by Crippen LogP contribution is 2.24. The van der Waals surface area contributed by atoms with Crippen molar-refractivity contribution in [2.75, 3.05) is 12.4 Å². The summed E-state index contributed by atoms with van der Waals surface area (Å²) in [5.41, 5.74) is 2.41. The Balaban J connectivity index is 2.15. The number of carbonyl (C=O) groups is 1. The van der Waals surface area contributed by atoms with Crippen molar-refractivity contribution >= 4 is 23.3 Å². The molecule has 0 spiro atoms. The van der Waals surface area contributed by atoms with E-state index in [4.69, 9.17) is 16.0 Å². The van der Waals surface area contributed by atoms with Crippen LogP contribution < -0.4 is 5.32 Å². The Kier molecular flexibility index (Phi) is 4.06. The molecule has 0 aliphatic heterocycles. The second-order valence-corrected chi connectivity index (χ2v) is 4.27. The van der Waals surface area contributed by atoms with Crippen molar-refractivity contribution in [3.05, 3.63) is 46.6 Å². The molecular formula is C13H13ClN2O3. The van der Waals surface area contributed by atoms with Crippen LogP contribution in [0.5, 0.6) is 0 Å². The van der Waals surface area contributed by atoms with Gasteiger partial charge >= 0.3 is 5.97 Å². The van der Waals surface area contributed by atoms with Gasteiger partial charge in [-0.3, -0.25) is 0 Å². The molecule has 100 valence electrons. The highest BCUT2D eigenvalue weighted by atomic mass is 35.5. The molecule has 2 rings (SSSR count). The van der Waals surface area contributed by atoms with E-state index in [0.717, 1.165) is 11.3 Å². The lowest BCUT2D eigenvalue weighted by Crippen LogP contribution is -2.07. The number of aromatic nitrogens is 1. The minimum absolute atomic E-state index is 0.188. The quantitative estimate of drug-likeness (QED) is 0.689. The number of ether oxygens (including phenoxy) is 1. The molecule has 0 bridgehead atoms. The standard InChI is InChI=1S/C13H13ClN2O3/c1-8-3-5-15-12(14)10(8)16-7-9-4-6-19-11(9)13(17)18-2/h3-6,16H,7H2,1-2H3. The fourth-order valence-electron chi connectivity index (χ4n) is 1.67. The summed E-state index contributed by atoms with van der Waals surface area (Å²) in [6, 6.07) is 3.56. The van der Waals surface area contributed by atoms with Crippen LogP contribution in [0.4, 0.5) is 5.69 Å². The highest BCUT2D eigenvalue weighted by molar-refractivity contribution is 6.32. The number of esters is 1. The molecule has 0 saturated carbocycles. The fraction of sp³-hybridized carbons (Fsp3) is 0.231. The van der Waals surface area contributed by atoms with E-state index < -0.39 is 5.97 Å².